The third-order valence-electron chi connectivity index (χ3n) is 2.60. The van der Waals surface area contributed by atoms with Crippen molar-refractivity contribution in [1.29, 1.82) is 0 Å². The van der Waals surface area contributed by atoms with Crippen LogP contribution in [0.2, 0.25) is 0 Å². The lowest BCUT2D eigenvalue weighted by molar-refractivity contribution is -0.141. The van der Waals surface area contributed by atoms with Crippen LogP contribution in [0, 0.1) is 25.7 Å². The number of nitrogens with zero attached hydrogens (tertiary/aromatic N) is 2. The molecule has 0 radical (unpaired) electrons. The van der Waals surface area contributed by atoms with Gasteiger partial charge in [0.2, 0.25) is 0 Å². The van der Waals surface area contributed by atoms with Crippen molar-refractivity contribution in [3.05, 3.63) is 17.6 Å². The molecule has 5 nitrogen and oxygen atoms in total. The van der Waals surface area contributed by atoms with E-state index in [1.807, 2.05) is 33.8 Å². The first-order valence-electron chi connectivity index (χ1n) is 6.17. The van der Waals surface area contributed by atoms with Crippen LogP contribution in [-0.4, -0.2) is 27.6 Å². The lowest BCUT2D eigenvalue weighted by Gasteiger charge is -2.16. The summed E-state index contributed by atoms with van der Waals surface area (Å²) in [7, 11) is 0. The molecule has 0 spiro atoms. The van der Waals surface area contributed by atoms with E-state index in [2.05, 4.69) is 15.3 Å². The zero-order valence-corrected chi connectivity index (χ0v) is 11.4. The van der Waals surface area contributed by atoms with Gasteiger partial charge in [-0.3, -0.25) is 4.79 Å². The monoisotopic (exact) mass is 251 g/mol. The van der Waals surface area contributed by atoms with E-state index in [1.165, 1.54) is 0 Å². The van der Waals surface area contributed by atoms with Gasteiger partial charge in [0.15, 0.2) is 0 Å². The summed E-state index contributed by atoms with van der Waals surface area (Å²) in [5.41, 5.74) is 0.876. The second kappa shape index (κ2) is 6.33. The Labute approximate surface area is 108 Å². The Morgan fingerprint density at radius 1 is 1.39 bits per heavy atom. The van der Waals surface area contributed by atoms with Crippen LogP contribution in [0.3, 0.4) is 0 Å². The van der Waals surface area contributed by atoms with E-state index in [-0.39, 0.29) is 5.92 Å². The van der Waals surface area contributed by atoms with E-state index >= 15 is 0 Å². The van der Waals surface area contributed by atoms with Crippen molar-refractivity contribution in [2.45, 2.75) is 34.1 Å². The van der Waals surface area contributed by atoms with Crippen LogP contribution in [0.15, 0.2) is 6.07 Å². The smallest absolute Gasteiger partial charge is 0.308 e. The molecule has 0 aliphatic rings. The Morgan fingerprint density at radius 2 is 2.06 bits per heavy atom. The molecule has 0 fully saturated rings. The van der Waals surface area contributed by atoms with Crippen LogP contribution in [0.1, 0.15) is 31.8 Å². The number of aromatic nitrogens is 2. The lowest BCUT2D eigenvalue weighted by Crippen LogP contribution is -2.24. The van der Waals surface area contributed by atoms with E-state index in [4.69, 9.17) is 5.11 Å². The van der Waals surface area contributed by atoms with Gasteiger partial charge in [0.1, 0.15) is 11.6 Å². The molecule has 0 saturated heterocycles. The average Bonchev–Trinajstić information content (AvgIpc) is 2.21. The van der Waals surface area contributed by atoms with Crippen LogP contribution < -0.4 is 5.32 Å². The normalized spacial score (nSPS) is 12.5. The minimum absolute atomic E-state index is 0.363. The molecule has 0 aliphatic heterocycles. The fourth-order valence-electron chi connectivity index (χ4n) is 1.88. The number of nitrogens with one attached hydrogen (secondary N) is 1. The summed E-state index contributed by atoms with van der Waals surface area (Å²) in [5.74, 6) is 0.587. The Kier molecular flexibility index (Phi) is 5.07. The molecule has 1 rings (SSSR count). The molecule has 1 unspecified atom stereocenters. The molecule has 5 heteroatoms. The van der Waals surface area contributed by atoms with Crippen molar-refractivity contribution in [2.75, 3.05) is 11.9 Å². The minimum atomic E-state index is -0.765. The van der Waals surface area contributed by atoms with Gasteiger partial charge < -0.3 is 10.4 Å². The first kappa shape index (κ1) is 14.4. The zero-order chi connectivity index (χ0) is 13.7. The highest BCUT2D eigenvalue weighted by Crippen LogP contribution is 2.13. The third kappa shape index (κ3) is 4.69. The molecule has 18 heavy (non-hydrogen) atoms. The lowest BCUT2D eigenvalue weighted by atomic mass is 9.97. The number of hydrogen-bond acceptors (Lipinski definition) is 4. The molecule has 0 saturated carbocycles. The standard InChI is InChI=1S/C13H21N3O2/c1-8(2)5-11(13(17)18)7-14-12-6-9(3)15-10(4)16-12/h6,8,11H,5,7H2,1-4H3,(H,17,18)(H,14,15,16). The van der Waals surface area contributed by atoms with E-state index in [1.54, 1.807) is 0 Å². The second-order valence-corrected chi connectivity index (χ2v) is 4.99. The summed E-state index contributed by atoms with van der Waals surface area (Å²) in [4.78, 5) is 19.5. The number of aryl methyl sites for hydroxylation is 2. The van der Waals surface area contributed by atoms with Gasteiger partial charge in [0, 0.05) is 18.3 Å². The van der Waals surface area contributed by atoms with Crippen molar-refractivity contribution in [3.63, 3.8) is 0 Å². The summed E-state index contributed by atoms with van der Waals surface area (Å²) >= 11 is 0. The number of anilines is 1. The minimum Gasteiger partial charge on any atom is -0.481 e. The SMILES string of the molecule is Cc1cc(NCC(CC(C)C)C(=O)O)nc(C)n1. The van der Waals surface area contributed by atoms with Crippen molar-refractivity contribution in [3.8, 4) is 0 Å². The maximum Gasteiger partial charge on any atom is 0.308 e. The number of carboxylic acid groups (broad SMARTS) is 1. The van der Waals surface area contributed by atoms with Gasteiger partial charge >= 0.3 is 5.97 Å². The number of rotatable bonds is 6. The van der Waals surface area contributed by atoms with Gasteiger partial charge in [0.25, 0.3) is 0 Å². The quantitative estimate of drug-likeness (QED) is 0.811. The molecule has 1 aromatic heterocycles. The highest BCUT2D eigenvalue weighted by molar-refractivity contribution is 5.70. The zero-order valence-electron chi connectivity index (χ0n) is 11.4. The molecular weight excluding hydrogens is 230 g/mol. The highest BCUT2D eigenvalue weighted by Gasteiger charge is 2.18. The highest BCUT2D eigenvalue weighted by atomic mass is 16.4. The predicted molar refractivity (Wildman–Crippen MR) is 70.6 cm³/mol. The van der Waals surface area contributed by atoms with Crippen LogP contribution in [0.25, 0.3) is 0 Å². The van der Waals surface area contributed by atoms with Gasteiger partial charge in [-0.1, -0.05) is 13.8 Å². The van der Waals surface area contributed by atoms with Crippen LogP contribution in [-0.2, 0) is 4.79 Å². The molecule has 0 aromatic carbocycles. The fraction of sp³-hybridized carbons (Fsp3) is 0.615. The third-order valence-corrected chi connectivity index (χ3v) is 2.60. The number of carbonyl (C=O) groups is 1. The molecule has 1 heterocycles. The molecule has 100 valence electrons. The van der Waals surface area contributed by atoms with Crippen molar-refractivity contribution >= 4 is 11.8 Å². The summed E-state index contributed by atoms with van der Waals surface area (Å²) in [5, 5.41) is 12.2. The Bertz CT molecular complexity index is 398. The van der Waals surface area contributed by atoms with Crippen LogP contribution >= 0.6 is 0 Å². The Hall–Kier alpha value is -1.65. The van der Waals surface area contributed by atoms with Gasteiger partial charge in [-0.15, -0.1) is 0 Å². The Morgan fingerprint density at radius 3 is 2.56 bits per heavy atom. The first-order chi connectivity index (χ1) is 8.38. The predicted octanol–water partition coefficient (Wildman–Crippen LogP) is 2.25. The number of carboxylic acids is 1. The maximum atomic E-state index is 11.1. The summed E-state index contributed by atoms with van der Waals surface area (Å²) in [6, 6.07) is 1.82. The van der Waals surface area contributed by atoms with Crippen molar-refractivity contribution in [2.24, 2.45) is 11.8 Å². The van der Waals surface area contributed by atoms with Gasteiger partial charge in [-0.05, 0) is 26.2 Å². The van der Waals surface area contributed by atoms with Crippen LogP contribution in [0.4, 0.5) is 5.82 Å². The summed E-state index contributed by atoms with van der Waals surface area (Å²) in [6.45, 7) is 8.15. The largest absolute Gasteiger partial charge is 0.481 e. The molecular formula is C13H21N3O2. The molecule has 1 aromatic rings. The van der Waals surface area contributed by atoms with Crippen LogP contribution in [0.5, 0.6) is 0 Å². The van der Waals surface area contributed by atoms with E-state index in [0.29, 0.717) is 30.5 Å². The molecule has 2 N–H and O–H groups in total. The maximum absolute atomic E-state index is 11.1. The van der Waals surface area contributed by atoms with E-state index in [9.17, 15) is 4.79 Å². The van der Waals surface area contributed by atoms with Gasteiger partial charge in [-0.25, -0.2) is 9.97 Å². The van der Waals surface area contributed by atoms with E-state index < -0.39 is 5.97 Å². The number of aliphatic carboxylic acids is 1. The topological polar surface area (TPSA) is 75.1 Å². The second-order valence-electron chi connectivity index (χ2n) is 4.99. The van der Waals surface area contributed by atoms with Gasteiger partial charge in [-0.2, -0.15) is 0 Å². The van der Waals surface area contributed by atoms with Gasteiger partial charge in [0.05, 0.1) is 5.92 Å². The Balaban J connectivity index is 2.63. The fourth-order valence-corrected chi connectivity index (χ4v) is 1.88. The van der Waals surface area contributed by atoms with E-state index in [0.717, 1.165) is 5.69 Å². The molecule has 0 bridgehead atoms. The number of hydrogen-bond donors (Lipinski definition) is 2. The van der Waals surface area contributed by atoms with Crippen molar-refractivity contribution in [1.82, 2.24) is 9.97 Å². The average molecular weight is 251 g/mol. The molecule has 0 aliphatic carbocycles. The molecule has 1 atom stereocenters. The summed E-state index contributed by atoms with van der Waals surface area (Å²) in [6.07, 6.45) is 0.658. The first-order valence-corrected chi connectivity index (χ1v) is 6.17. The molecule has 0 amide bonds. The summed E-state index contributed by atoms with van der Waals surface area (Å²) < 4.78 is 0. The van der Waals surface area contributed by atoms with Crippen molar-refractivity contribution < 1.29 is 9.90 Å².